The Morgan fingerprint density at radius 2 is 2.00 bits per heavy atom. The van der Waals surface area contributed by atoms with Crippen molar-refractivity contribution >= 4 is 29.2 Å². The van der Waals surface area contributed by atoms with Gasteiger partial charge in [-0.15, -0.1) is 0 Å². The second kappa shape index (κ2) is 8.15. The van der Waals surface area contributed by atoms with Gasteiger partial charge < -0.3 is 15.5 Å². The van der Waals surface area contributed by atoms with Crippen molar-refractivity contribution < 1.29 is 9.59 Å². The highest BCUT2D eigenvalue weighted by Crippen LogP contribution is 2.21. The molecule has 1 aromatic rings. The molecule has 1 saturated heterocycles. The predicted octanol–water partition coefficient (Wildman–Crippen LogP) is 2.30. The number of hydrogen-bond acceptors (Lipinski definition) is 4. The van der Waals surface area contributed by atoms with E-state index in [1.54, 1.807) is 6.07 Å². The Bertz CT molecular complexity index is 571. The van der Waals surface area contributed by atoms with Gasteiger partial charge in [0.15, 0.2) is 0 Å². The molecule has 2 rings (SSSR count). The highest BCUT2D eigenvalue weighted by Gasteiger charge is 2.19. The van der Waals surface area contributed by atoms with Crippen LogP contribution in [0.3, 0.4) is 0 Å². The fourth-order valence-corrected chi connectivity index (χ4v) is 2.73. The minimum absolute atomic E-state index is 0.0387. The molecule has 6 nitrogen and oxygen atoms in total. The monoisotopic (exact) mass is 338 g/mol. The lowest BCUT2D eigenvalue weighted by Gasteiger charge is -2.26. The summed E-state index contributed by atoms with van der Waals surface area (Å²) in [7, 11) is 0. The Labute approximate surface area is 141 Å². The molecule has 1 aliphatic heterocycles. The number of rotatable bonds is 5. The Morgan fingerprint density at radius 1 is 1.30 bits per heavy atom. The van der Waals surface area contributed by atoms with Crippen LogP contribution in [-0.4, -0.2) is 47.4 Å². The van der Waals surface area contributed by atoms with Gasteiger partial charge in [0.1, 0.15) is 5.82 Å². The third-order valence-corrected chi connectivity index (χ3v) is 3.89. The number of hydrogen-bond donors (Lipinski definition) is 2. The number of aromatic nitrogens is 1. The molecule has 7 heteroatoms. The highest BCUT2D eigenvalue weighted by molar-refractivity contribution is 6.33. The molecule has 0 unspecified atom stereocenters. The number of piperidine rings is 1. The predicted molar refractivity (Wildman–Crippen MR) is 90.8 cm³/mol. The van der Waals surface area contributed by atoms with Crippen LogP contribution in [0.4, 0.5) is 5.82 Å². The fraction of sp³-hybridized carbons (Fsp3) is 0.562. The molecule has 0 saturated carbocycles. The molecule has 0 spiro atoms. The van der Waals surface area contributed by atoms with Crippen LogP contribution in [0.25, 0.3) is 0 Å². The van der Waals surface area contributed by atoms with Crippen molar-refractivity contribution in [3.8, 4) is 0 Å². The number of likely N-dealkylation sites (tertiary alicyclic amines) is 1. The summed E-state index contributed by atoms with van der Waals surface area (Å²) in [5.74, 6) is 0.232. The van der Waals surface area contributed by atoms with E-state index in [4.69, 9.17) is 11.6 Å². The van der Waals surface area contributed by atoms with Crippen molar-refractivity contribution in [2.45, 2.75) is 39.2 Å². The molecule has 23 heavy (non-hydrogen) atoms. The maximum atomic E-state index is 12.4. The first-order valence-electron chi connectivity index (χ1n) is 7.95. The van der Waals surface area contributed by atoms with E-state index >= 15 is 0 Å². The first kappa shape index (κ1) is 17.5. The second-order valence-electron chi connectivity index (χ2n) is 5.98. The van der Waals surface area contributed by atoms with Gasteiger partial charge in [-0.3, -0.25) is 9.59 Å². The third kappa shape index (κ3) is 5.10. The van der Waals surface area contributed by atoms with Gasteiger partial charge in [-0.05, 0) is 39.2 Å². The average molecular weight is 339 g/mol. The van der Waals surface area contributed by atoms with Gasteiger partial charge in [0.25, 0.3) is 5.91 Å². The van der Waals surface area contributed by atoms with Crippen LogP contribution in [0.2, 0.25) is 5.02 Å². The second-order valence-corrected chi connectivity index (χ2v) is 6.39. The van der Waals surface area contributed by atoms with Crippen LogP contribution in [0.15, 0.2) is 12.3 Å². The minimum Gasteiger partial charge on any atom is -0.360 e. The molecule has 2 heterocycles. The number of halogens is 1. The van der Waals surface area contributed by atoms with Gasteiger partial charge >= 0.3 is 0 Å². The largest absolute Gasteiger partial charge is 0.360 e. The Hall–Kier alpha value is -1.82. The zero-order chi connectivity index (χ0) is 16.8. The van der Waals surface area contributed by atoms with Crippen molar-refractivity contribution in [1.29, 1.82) is 0 Å². The van der Waals surface area contributed by atoms with Crippen LogP contribution in [-0.2, 0) is 4.79 Å². The summed E-state index contributed by atoms with van der Waals surface area (Å²) >= 11 is 6.17. The van der Waals surface area contributed by atoms with Crippen LogP contribution in [0.5, 0.6) is 0 Å². The van der Waals surface area contributed by atoms with Crippen molar-refractivity contribution in [2.75, 3.05) is 25.0 Å². The summed E-state index contributed by atoms with van der Waals surface area (Å²) in [6.45, 7) is 5.44. The molecule has 2 amide bonds. The van der Waals surface area contributed by atoms with Crippen molar-refractivity contribution in [2.24, 2.45) is 0 Å². The summed E-state index contributed by atoms with van der Waals surface area (Å²) < 4.78 is 0. The van der Waals surface area contributed by atoms with Gasteiger partial charge in [0.2, 0.25) is 5.91 Å². The van der Waals surface area contributed by atoms with Crippen LogP contribution in [0, 0.1) is 0 Å². The average Bonchev–Trinajstić information content (AvgIpc) is 2.53. The van der Waals surface area contributed by atoms with E-state index in [-0.39, 0.29) is 24.4 Å². The van der Waals surface area contributed by atoms with E-state index in [1.165, 1.54) is 12.6 Å². The Kier molecular flexibility index (Phi) is 6.21. The quantitative estimate of drug-likeness (QED) is 0.864. The lowest BCUT2D eigenvalue weighted by atomic mass is 10.1. The Balaban J connectivity index is 1.97. The van der Waals surface area contributed by atoms with Crippen molar-refractivity contribution in [1.82, 2.24) is 15.2 Å². The number of carbonyl (C=O) groups is 2. The van der Waals surface area contributed by atoms with E-state index in [0.717, 1.165) is 25.9 Å². The minimum atomic E-state index is -0.133. The molecule has 0 aliphatic carbocycles. The van der Waals surface area contributed by atoms with Gasteiger partial charge in [-0.25, -0.2) is 4.98 Å². The molecule has 1 aromatic heterocycles. The standard InChI is InChI=1S/C16H23ClN4O2/c1-11(2)20-14(22)10-19-15-13(17)8-12(9-18-15)16(23)21-6-4-3-5-7-21/h8-9,11H,3-7,10H2,1-2H3,(H,18,19)(H,20,22). The number of anilines is 1. The van der Waals surface area contributed by atoms with Gasteiger partial charge in [-0.1, -0.05) is 11.6 Å². The molecular formula is C16H23ClN4O2. The zero-order valence-corrected chi connectivity index (χ0v) is 14.3. The first-order valence-corrected chi connectivity index (χ1v) is 8.33. The van der Waals surface area contributed by atoms with Crippen LogP contribution >= 0.6 is 11.6 Å². The van der Waals surface area contributed by atoms with E-state index in [2.05, 4.69) is 15.6 Å². The van der Waals surface area contributed by atoms with Crippen LogP contribution < -0.4 is 10.6 Å². The molecule has 1 fully saturated rings. The molecule has 2 N–H and O–H groups in total. The molecule has 0 atom stereocenters. The molecular weight excluding hydrogens is 316 g/mol. The summed E-state index contributed by atoms with van der Waals surface area (Å²) in [5, 5.41) is 5.99. The van der Waals surface area contributed by atoms with Crippen molar-refractivity contribution in [3.05, 3.63) is 22.8 Å². The zero-order valence-electron chi connectivity index (χ0n) is 13.6. The fourth-order valence-electron chi connectivity index (χ4n) is 2.50. The lowest BCUT2D eigenvalue weighted by molar-refractivity contribution is -0.119. The highest BCUT2D eigenvalue weighted by atomic mass is 35.5. The third-order valence-electron chi connectivity index (χ3n) is 3.60. The van der Waals surface area contributed by atoms with Crippen LogP contribution in [0.1, 0.15) is 43.5 Å². The number of carbonyl (C=O) groups excluding carboxylic acids is 2. The van der Waals surface area contributed by atoms with E-state index < -0.39 is 0 Å². The maximum Gasteiger partial charge on any atom is 0.255 e. The Morgan fingerprint density at radius 3 is 2.61 bits per heavy atom. The summed E-state index contributed by atoms with van der Waals surface area (Å²) in [4.78, 5) is 30.0. The smallest absolute Gasteiger partial charge is 0.255 e. The summed E-state index contributed by atoms with van der Waals surface area (Å²) in [6, 6.07) is 1.69. The van der Waals surface area contributed by atoms with E-state index in [9.17, 15) is 9.59 Å². The summed E-state index contributed by atoms with van der Waals surface area (Å²) in [5.41, 5.74) is 0.481. The van der Waals surface area contributed by atoms with Gasteiger partial charge in [0, 0.05) is 25.3 Å². The summed E-state index contributed by atoms with van der Waals surface area (Å²) in [6.07, 6.45) is 4.75. The lowest BCUT2D eigenvalue weighted by Crippen LogP contribution is -2.36. The molecule has 0 aromatic carbocycles. The normalized spacial score (nSPS) is 14.7. The number of nitrogens with zero attached hydrogens (tertiary/aromatic N) is 2. The molecule has 1 aliphatic rings. The number of amides is 2. The maximum absolute atomic E-state index is 12.4. The molecule has 0 radical (unpaired) electrons. The first-order chi connectivity index (χ1) is 11.0. The van der Waals surface area contributed by atoms with E-state index in [1.807, 2.05) is 18.7 Å². The molecule has 0 bridgehead atoms. The van der Waals surface area contributed by atoms with Crippen molar-refractivity contribution in [3.63, 3.8) is 0 Å². The number of pyridine rings is 1. The SMILES string of the molecule is CC(C)NC(=O)CNc1ncc(C(=O)N2CCCCC2)cc1Cl. The number of nitrogens with one attached hydrogen (secondary N) is 2. The molecule has 126 valence electrons. The topological polar surface area (TPSA) is 74.3 Å². The van der Waals surface area contributed by atoms with Gasteiger partial charge in [-0.2, -0.15) is 0 Å². The van der Waals surface area contributed by atoms with Gasteiger partial charge in [0.05, 0.1) is 17.1 Å². The van der Waals surface area contributed by atoms with E-state index in [0.29, 0.717) is 16.4 Å².